The Hall–Kier alpha value is -8.26. The zero-order chi connectivity index (χ0) is 40.3. The molecular weight excluding hydrogens is 743 g/mol. The first kappa shape index (κ1) is 36.4. The zero-order valence-corrected chi connectivity index (χ0v) is 31.5. The molecule has 6 heterocycles. The maximum Gasteiger partial charge on any atom is 0.335 e. The Balaban J connectivity index is 0.000000152. The first-order chi connectivity index (χ1) is 28.9. The van der Waals surface area contributed by atoms with E-state index in [1.165, 1.54) is 0 Å². The molecule has 59 heavy (non-hydrogen) atoms. The lowest BCUT2D eigenvalue weighted by Crippen LogP contribution is -2.17. The van der Waals surface area contributed by atoms with Crippen LogP contribution in [0.3, 0.4) is 0 Å². The van der Waals surface area contributed by atoms with Gasteiger partial charge < -0.3 is 10.4 Å². The van der Waals surface area contributed by atoms with Crippen molar-refractivity contribution in [2.45, 2.75) is 13.1 Å². The molecule has 0 aliphatic carbocycles. The lowest BCUT2D eigenvalue weighted by molar-refractivity contribution is 0.0696. The maximum atomic E-state index is 11.8. The summed E-state index contributed by atoms with van der Waals surface area (Å²) >= 11 is 0. The van der Waals surface area contributed by atoms with Crippen LogP contribution >= 0.6 is 0 Å². The minimum Gasteiger partial charge on any atom is -0.478 e. The largest absolute Gasteiger partial charge is 0.478 e. The van der Waals surface area contributed by atoms with E-state index in [1.54, 1.807) is 65.2 Å². The number of carbonyl (C=O) groups excluding carboxylic acids is 1. The number of amides is 1. The molecule has 0 saturated carbocycles. The lowest BCUT2D eigenvalue weighted by atomic mass is 10.1. The van der Waals surface area contributed by atoms with Crippen LogP contribution in [0.2, 0.25) is 0 Å². The number of aromatic nitrogens is 10. The summed E-state index contributed by atoms with van der Waals surface area (Å²) in [5.41, 5.74) is 11.1. The van der Waals surface area contributed by atoms with E-state index in [2.05, 4.69) is 48.0 Å². The third-order valence-corrected chi connectivity index (χ3v) is 9.82. The van der Waals surface area contributed by atoms with Gasteiger partial charge in [-0.1, -0.05) is 59.0 Å². The standard InChI is InChI=1S/C23H18N6O.C22H15N5O2/c1-24-23(30)17-7-5-16(6-8-17)20-10-11-21-22(26-20)29(28-27-21)14-15-4-9-19-18(13-15)3-2-12-25-19;28-22(29)16-6-4-15(5-7-16)19-9-10-20-21(24-19)27(26-25-20)13-14-3-8-18-17(12-14)2-1-11-23-18/h2-13H,14H2,1H3,(H,24,30);1-12H,13H2,(H,28,29). The van der Waals surface area contributed by atoms with Gasteiger partial charge in [0, 0.05) is 46.9 Å². The van der Waals surface area contributed by atoms with Gasteiger partial charge in [-0.3, -0.25) is 14.8 Å². The average Bonchev–Trinajstić information content (AvgIpc) is 3.89. The van der Waals surface area contributed by atoms with Gasteiger partial charge in [0.15, 0.2) is 11.3 Å². The van der Waals surface area contributed by atoms with Crippen molar-refractivity contribution in [2.75, 3.05) is 7.05 Å². The van der Waals surface area contributed by atoms with Crippen molar-refractivity contribution in [1.29, 1.82) is 0 Å². The van der Waals surface area contributed by atoms with Gasteiger partial charge in [0.2, 0.25) is 0 Å². The second kappa shape index (κ2) is 15.7. The van der Waals surface area contributed by atoms with Crippen LogP contribution in [0.25, 0.3) is 66.6 Å². The lowest BCUT2D eigenvalue weighted by Gasteiger charge is -2.06. The van der Waals surface area contributed by atoms with E-state index in [9.17, 15) is 9.59 Å². The minimum atomic E-state index is -0.951. The molecule has 0 unspecified atom stereocenters. The van der Waals surface area contributed by atoms with Gasteiger partial charge >= 0.3 is 5.97 Å². The van der Waals surface area contributed by atoms with E-state index in [1.807, 2.05) is 84.9 Å². The summed E-state index contributed by atoms with van der Waals surface area (Å²) in [6.07, 6.45) is 3.57. The molecule has 10 aromatic rings. The fraction of sp³-hybridized carbons (Fsp3) is 0.0667. The van der Waals surface area contributed by atoms with E-state index in [0.717, 1.165) is 61.0 Å². The van der Waals surface area contributed by atoms with Gasteiger partial charge in [-0.25, -0.2) is 24.1 Å². The van der Waals surface area contributed by atoms with Crippen molar-refractivity contribution in [1.82, 2.24) is 55.2 Å². The number of benzene rings is 4. The average molecular weight is 776 g/mol. The van der Waals surface area contributed by atoms with Crippen LogP contribution in [0, 0.1) is 0 Å². The molecule has 6 aromatic heterocycles. The number of pyridine rings is 4. The summed E-state index contributed by atoms with van der Waals surface area (Å²) in [5, 5.41) is 30.8. The van der Waals surface area contributed by atoms with E-state index in [4.69, 9.17) is 15.1 Å². The number of hydrogen-bond donors (Lipinski definition) is 2. The molecule has 1 amide bonds. The molecule has 0 bridgehead atoms. The molecule has 0 fully saturated rings. The van der Waals surface area contributed by atoms with Crippen molar-refractivity contribution in [2.24, 2.45) is 0 Å². The van der Waals surface area contributed by atoms with Gasteiger partial charge in [-0.05, 0) is 96.1 Å². The molecule has 0 aliphatic heterocycles. The Kier molecular flexibility index (Phi) is 9.68. The predicted molar refractivity (Wildman–Crippen MR) is 224 cm³/mol. The van der Waals surface area contributed by atoms with Gasteiger partial charge in [0.1, 0.15) is 11.0 Å². The molecule has 2 N–H and O–H groups in total. The summed E-state index contributed by atoms with van der Waals surface area (Å²) in [6.45, 7) is 1.10. The highest BCUT2D eigenvalue weighted by Crippen LogP contribution is 2.24. The first-order valence-corrected chi connectivity index (χ1v) is 18.6. The fourth-order valence-corrected chi connectivity index (χ4v) is 6.75. The minimum absolute atomic E-state index is 0.113. The molecule has 0 saturated heterocycles. The summed E-state index contributed by atoms with van der Waals surface area (Å²) in [6, 6.07) is 41.8. The SMILES string of the molecule is CNC(=O)c1ccc(-c2ccc3nnn(Cc4ccc5ncccc5c4)c3n2)cc1.O=C(O)c1ccc(-c2ccc3nnn(Cc4ccc5ncccc5c4)c3n2)cc1. The Morgan fingerprint density at radius 1 is 0.559 bits per heavy atom. The highest BCUT2D eigenvalue weighted by Gasteiger charge is 2.13. The summed E-state index contributed by atoms with van der Waals surface area (Å²) in [7, 11) is 1.62. The Bertz CT molecular complexity index is 3160. The molecule has 0 atom stereocenters. The zero-order valence-electron chi connectivity index (χ0n) is 31.5. The van der Waals surface area contributed by atoms with Gasteiger partial charge in [-0.15, -0.1) is 10.2 Å². The maximum absolute atomic E-state index is 11.8. The quantitative estimate of drug-likeness (QED) is 0.159. The van der Waals surface area contributed by atoms with Crippen LogP contribution in [0.5, 0.6) is 0 Å². The van der Waals surface area contributed by atoms with E-state index < -0.39 is 5.97 Å². The van der Waals surface area contributed by atoms with Gasteiger partial charge in [0.05, 0.1) is 41.1 Å². The third-order valence-electron chi connectivity index (χ3n) is 9.82. The van der Waals surface area contributed by atoms with Crippen LogP contribution in [-0.2, 0) is 13.1 Å². The molecule has 4 aromatic carbocycles. The molecule has 286 valence electrons. The predicted octanol–water partition coefficient (Wildman–Crippen LogP) is 7.24. The molecule has 14 nitrogen and oxygen atoms in total. The number of fused-ring (bicyclic) bond motifs is 4. The smallest absolute Gasteiger partial charge is 0.335 e. The summed E-state index contributed by atoms with van der Waals surface area (Å²) < 4.78 is 3.57. The molecule has 0 radical (unpaired) electrons. The van der Waals surface area contributed by atoms with Crippen LogP contribution in [0.4, 0.5) is 0 Å². The van der Waals surface area contributed by atoms with Crippen LogP contribution in [-0.4, -0.2) is 74.0 Å². The molecular formula is C45H33N11O3. The van der Waals surface area contributed by atoms with Crippen molar-refractivity contribution >= 4 is 56.0 Å². The van der Waals surface area contributed by atoms with Gasteiger partial charge in [0.25, 0.3) is 5.91 Å². The second-order valence-electron chi connectivity index (χ2n) is 13.7. The van der Waals surface area contributed by atoms with Crippen molar-refractivity contribution < 1.29 is 14.7 Å². The highest BCUT2D eigenvalue weighted by molar-refractivity contribution is 5.94. The van der Waals surface area contributed by atoms with E-state index in [0.29, 0.717) is 35.5 Å². The molecule has 0 aliphatic rings. The number of hydrogen-bond acceptors (Lipinski definition) is 10. The number of rotatable bonds is 8. The number of aromatic carboxylic acids is 1. The van der Waals surface area contributed by atoms with Crippen molar-refractivity contribution in [3.63, 3.8) is 0 Å². The molecule has 14 heteroatoms. The number of carboxylic acid groups (broad SMARTS) is 1. The normalized spacial score (nSPS) is 11.1. The van der Waals surface area contributed by atoms with Crippen LogP contribution < -0.4 is 5.32 Å². The third kappa shape index (κ3) is 7.65. The first-order valence-electron chi connectivity index (χ1n) is 18.6. The van der Waals surface area contributed by atoms with Crippen molar-refractivity contribution in [3.05, 3.63) is 168 Å². The number of nitrogens with zero attached hydrogens (tertiary/aromatic N) is 10. The van der Waals surface area contributed by atoms with E-state index >= 15 is 0 Å². The Labute approximate surface area is 335 Å². The van der Waals surface area contributed by atoms with E-state index in [-0.39, 0.29) is 11.5 Å². The van der Waals surface area contributed by atoms with Crippen LogP contribution in [0.15, 0.2) is 146 Å². The fourth-order valence-electron chi connectivity index (χ4n) is 6.75. The number of carboxylic acids is 1. The molecule has 10 rings (SSSR count). The Morgan fingerprint density at radius 3 is 1.47 bits per heavy atom. The number of nitrogens with one attached hydrogen (secondary N) is 1. The summed E-state index contributed by atoms with van der Waals surface area (Å²) in [5.74, 6) is -1.06. The Morgan fingerprint density at radius 2 is 1.02 bits per heavy atom. The molecule has 0 spiro atoms. The summed E-state index contributed by atoms with van der Waals surface area (Å²) in [4.78, 5) is 41.0. The highest BCUT2D eigenvalue weighted by atomic mass is 16.4. The monoisotopic (exact) mass is 775 g/mol. The van der Waals surface area contributed by atoms with Gasteiger partial charge in [-0.2, -0.15) is 0 Å². The topological polar surface area (TPSA) is 179 Å². The van der Waals surface area contributed by atoms with Crippen LogP contribution in [0.1, 0.15) is 31.8 Å². The second-order valence-corrected chi connectivity index (χ2v) is 13.7. The van der Waals surface area contributed by atoms with Crippen molar-refractivity contribution in [3.8, 4) is 22.5 Å². The number of carbonyl (C=O) groups is 2.